The molecule has 1 atom stereocenters. The summed E-state index contributed by atoms with van der Waals surface area (Å²) in [5.74, 6) is 1.33. The number of carbonyl (C=O) groups excluding carboxylic acids is 1. The van der Waals surface area contributed by atoms with E-state index in [4.69, 9.17) is 4.42 Å². The van der Waals surface area contributed by atoms with Crippen molar-refractivity contribution in [2.24, 2.45) is 11.8 Å². The van der Waals surface area contributed by atoms with E-state index < -0.39 is 10.0 Å². The monoisotopic (exact) mass is 383 g/mol. The van der Waals surface area contributed by atoms with Gasteiger partial charge < -0.3 is 9.73 Å². The van der Waals surface area contributed by atoms with Crippen molar-refractivity contribution in [2.45, 2.75) is 32.2 Å². The van der Waals surface area contributed by atoms with E-state index in [9.17, 15) is 13.2 Å². The highest BCUT2D eigenvalue weighted by Gasteiger charge is 2.28. The van der Waals surface area contributed by atoms with Crippen LogP contribution in [-0.4, -0.2) is 62.5 Å². The van der Waals surface area contributed by atoms with Crippen LogP contribution in [0, 0.1) is 11.8 Å². The molecule has 8 heteroatoms. The summed E-state index contributed by atoms with van der Waals surface area (Å²) in [4.78, 5) is 14.8. The van der Waals surface area contributed by atoms with Gasteiger partial charge in [0.1, 0.15) is 5.76 Å². The molecule has 0 spiro atoms. The summed E-state index contributed by atoms with van der Waals surface area (Å²) in [6.45, 7) is 4.26. The van der Waals surface area contributed by atoms with Gasteiger partial charge in [0.15, 0.2) is 0 Å². The predicted molar refractivity (Wildman–Crippen MR) is 98.9 cm³/mol. The summed E-state index contributed by atoms with van der Waals surface area (Å²) in [5.41, 5.74) is 0. The van der Waals surface area contributed by atoms with E-state index in [0.717, 1.165) is 51.1 Å². The highest BCUT2D eigenvalue weighted by atomic mass is 32.2. The number of hydrogen-bond donors (Lipinski definition) is 1. The van der Waals surface area contributed by atoms with Crippen LogP contribution in [0.4, 0.5) is 0 Å². The summed E-state index contributed by atoms with van der Waals surface area (Å²) < 4.78 is 30.3. The van der Waals surface area contributed by atoms with Crippen molar-refractivity contribution in [2.75, 3.05) is 39.0 Å². The predicted octanol–water partition coefficient (Wildman–Crippen LogP) is 1.28. The Morgan fingerprint density at radius 3 is 2.69 bits per heavy atom. The second kappa shape index (κ2) is 8.54. The standard InChI is InChI=1S/C18H29N3O4S/c1-26(23,24)21-8-2-4-15(13-21)12-19-18(22)16-6-9-20(10-7-16)14-17-5-3-11-25-17/h3,5,11,15-16H,2,4,6-10,12-14H2,1H3,(H,19,22). The van der Waals surface area contributed by atoms with Crippen LogP contribution in [0.1, 0.15) is 31.4 Å². The zero-order chi connectivity index (χ0) is 18.6. The molecule has 146 valence electrons. The number of furan rings is 1. The van der Waals surface area contributed by atoms with Crippen molar-refractivity contribution in [3.05, 3.63) is 24.2 Å². The van der Waals surface area contributed by atoms with Crippen LogP contribution >= 0.6 is 0 Å². The Bertz CT molecular complexity index is 681. The van der Waals surface area contributed by atoms with Gasteiger partial charge in [0, 0.05) is 25.6 Å². The van der Waals surface area contributed by atoms with Gasteiger partial charge in [0.2, 0.25) is 15.9 Å². The fourth-order valence-corrected chi connectivity index (χ4v) is 4.80. The van der Waals surface area contributed by atoms with E-state index in [-0.39, 0.29) is 17.7 Å². The number of rotatable bonds is 6. The van der Waals surface area contributed by atoms with Crippen molar-refractivity contribution in [1.29, 1.82) is 0 Å². The number of amides is 1. The van der Waals surface area contributed by atoms with Gasteiger partial charge in [-0.05, 0) is 56.8 Å². The second-order valence-corrected chi connectivity index (χ2v) is 9.49. The number of carbonyl (C=O) groups is 1. The molecule has 2 saturated heterocycles. The smallest absolute Gasteiger partial charge is 0.223 e. The molecule has 1 N–H and O–H groups in total. The second-order valence-electron chi connectivity index (χ2n) is 7.50. The molecule has 0 aromatic carbocycles. The molecule has 2 aliphatic rings. The first-order valence-corrected chi connectivity index (χ1v) is 11.2. The topological polar surface area (TPSA) is 82.9 Å². The summed E-state index contributed by atoms with van der Waals surface area (Å²) >= 11 is 0. The molecule has 3 rings (SSSR count). The molecule has 2 aliphatic heterocycles. The lowest BCUT2D eigenvalue weighted by Gasteiger charge is -2.33. The van der Waals surface area contributed by atoms with Crippen molar-refractivity contribution < 1.29 is 17.6 Å². The Morgan fingerprint density at radius 1 is 1.27 bits per heavy atom. The third kappa shape index (κ3) is 5.31. The van der Waals surface area contributed by atoms with Crippen molar-refractivity contribution >= 4 is 15.9 Å². The van der Waals surface area contributed by atoms with E-state index in [2.05, 4.69) is 10.2 Å². The molecule has 1 aromatic rings. The number of nitrogens with one attached hydrogen (secondary N) is 1. The van der Waals surface area contributed by atoms with E-state index >= 15 is 0 Å². The lowest BCUT2D eigenvalue weighted by Crippen LogP contribution is -2.45. The average Bonchev–Trinajstić information content (AvgIpc) is 3.13. The van der Waals surface area contributed by atoms with E-state index in [1.807, 2.05) is 12.1 Å². The molecule has 0 aliphatic carbocycles. The van der Waals surface area contributed by atoms with Crippen LogP contribution in [-0.2, 0) is 21.4 Å². The van der Waals surface area contributed by atoms with E-state index in [0.29, 0.717) is 19.6 Å². The van der Waals surface area contributed by atoms with Gasteiger partial charge in [-0.1, -0.05) is 0 Å². The van der Waals surface area contributed by atoms with Crippen LogP contribution in [0.5, 0.6) is 0 Å². The van der Waals surface area contributed by atoms with Gasteiger partial charge in [-0.25, -0.2) is 12.7 Å². The highest BCUT2D eigenvalue weighted by Crippen LogP contribution is 2.21. The number of piperidine rings is 2. The zero-order valence-corrected chi connectivity index (χ0v) is 16.2. The molecule has 1 aromatic heterocycles. The van der Waals surface area contributed by atoms with Gasteiger partial charge in [-0.15, -0.1) is 0 Å². The van der Waals surface area contributed by atoms with Crippen LogP contribution in [0.2, 0.25) is 0 Å². The molecular formula is C18H29N3O4S. The quantitative estimate of drug-likeness (QED) is 0.800. The fraction of sp³-hybridized carbons (Fsp3) is 0.722. The van der Waals surface area contributed by atoms with Gasteiger partial charge in [0.25, 0.3) is 0 Å². The van der Waals surface area contributed by atoms with Crippen LogP contribution in [0.3, 0.4) is 0 Å². The lowest BCUT2D eigenvalue weighted by molar-refractivity contribution is -0.126. The fourth-order valence-electron chi connectivity index (χ4n) is 3.86. The Labute approximate surface area is 155 Å². The maximum atomic E-state index is 12.5. The lowest BCUT2D eigenvalue weighted by atomic mass is 9.94. The Kier molecular flexibility index (Phi) is 6.37. The molecule has 3 heterocycles. The molecule has 26 heavy (non-hydrogen) atoms. The third-order valence-electron chi connectivity index (χ3n) is 5.43. The molecular weight excluding hydrogens is 354 g/mol. The minimum Gasteiger partial charge on any atom is -0.468 e. The van der Waals surface area contributed by atoms with Gasteiger partial charge in [-0.2, -0.15) is 0 Å². The Balaban J connectivity index is 1.39. The number of nitrogens with zero attached hydrogens (tertiary/aromatic N) is 2. The maximum Gasteiger partial charge on any atom is 0.223 e. The third-order valence-corrected chi connectivity index (χ3v) is 6.70. The first-order chi connectivity index (χ1) is 12.4. The normalized spacial score (nSPS) is 23.8. The van der Waals surface area contributed by atoms with Gasteiger partial charge in [-0.3, -0.25) is 9.69 Å². The van der Waals surface area contributed by atoms with Crippen LogP contribution in [0.25, 0.3) is 0 Å². The van der Waals surface area contributed by atoms with E-state index in [1.165, 1.54) is 10.6 Å². The molecule has 1 amide bonds. The number of hydrogen-bond acceptors (Lipinski definition) is 5. The first-order valence-electron chi connectivity index (χ1n) is 9.39. The molecule has 7 nitrogen and oxygen atoms in total. The molecule has 2 fully saturated rings. The molecule has 0 bridgehead atoms. The van der Waals surface area contributed by atoms with Crippen molar-refractivity contribution in [3.8, 4) is 0 Å². The minimum absolute atomic E-state index is 0.0532. The zero-order valence-electron chi connectivity index (χ0n) is 15.4. The van der Waals surface area contributed by atoms with Crippen LogP contribution < -0.4 is 5.32 Å². The largest absolute Gasteiger partial charge is 0.468 e. The summed E-state index contributed by atoms with van der Waals surface area (Å²) in [6, 6.07) is 3.87. The number of likely N-dealkylation sites (tertiary alicyclic amines) is 1. The first kappa shape index (κ1) is 19.4. The van der Waals surface area contributed by atoms with Crippen molar-refractivity contribution in [1.82, 2.24) is 14.5 Å². The van der Waals surface area contributed by atoms with Gasteiger partial charge in [0.05, 0.1) is 19.1 Å². The summed E-state index contributed by atoms with van der Waals surface area (Å²) in [5, 5.41) is 3.06. The SMILES string of the molecule is CS(=O)(=O)N1CCCC(CNC(=O)C2CCN(Cc3ccco3)CC2)C1. The Morgan fingerprint density at radius 2 is 2.04 bits per heavy atom. The molecule has 0 radical (unpaired) electrons. The van der Waals surface area contributed by atoms with Crippen molar-refractivity contribution in [3.63, 3.8) is 0 Å². The number of sulfonamides is 1. The van der Waals surface area contributed by atoms with Crippen LogP contribution in [0.15, 0.2) is 22.8 Å². The van der Waals surface area contributed by atoms with E-state index in [1.54, 1.807) is 6.26 Å². The average molecular weight is 384 g/mol. The summed E-state index contributed by atoms with van der Waals surface area (Å²) in [7, 11) is -3.14. The van der Waals surface area contributed by atoms with Gasteiger partial charge >= 0.3 is 0 Å². The highest BCUT2D eigenvalue weighted by molar-refractivity contribution is 7.88. The Hall–Kier alpha value is -1.38. The maximum absolute atomic E-state index is 12.5. The molecule has 0 saturated carbocycles. The molecule has 1 unspecified atom stereocenters. The minimum atomic E-state index is -3.14. The summed E-state index contributed by atoms with van der Waals surface area (Å²) in [6.07, 6.45) is 6.47.